The van der Waals surface area contributed by atoms with Gasteiger partial charge in [0, 0.05) is 0 Å². The maximum atomic E-state index is 5.87. The molecule has 3 aromatic heterocycles. The molecule has 3 heterocycles. The molecule has 4 rings (SSSR count). The zero-order valence-corrected chi connectivity index (χ0v) is 12.6. The van der Waals surface area contributed by atoms with Crippen molar-refractivity contribution in [2.75, 3.05) is 5.73 Å². The molecule has 0 aliphatic carbocycles. The second-order valence-electron chi connectivity index (χ2n) is 5.44. The molecule has 6 nitrogen and oxygen atoms in total. The van der Waals surface area contributed by atoms with Gasteiger partial charge in [-0.3, -0.25) is 0 Å². The number of aryl methyl sites for hydroxylation is 1. The third kappa shape index (κ3) is 2.44. The smallest absolute Gasteiger partial charge is 0.222 e. The van der Waals surface area contributed by atoms with Crippen molar-refractivity contribution < 1.29 is 4.42 Å². The first-order valence-electron chi connectivity index (χ1n) is 7.29. The lowest BCUT2D eigenvalue weighted by Crippen LogP contribution is -2.05. The second kappa shape index (κ2) is 5.24. The quantitative estimate of drug-likeness (QED) is 0.629. The van der Waals surface area contributed by atoms with Gasteiger partial charge in [0.25, 0.3) is 0 Å². The molecule has 23 heavy (non-hydrogen) atoms. The van der Waals surface area contributed by atoms with E-state index in [2.05, 4.69) is 40.2 Å². The van der Waals surface area contributed by atoms with Crippen LogP contribution in [0.5, 0.6) is 0 Å². The van der Waals surface area contributed by atoms with Crippen LogP contribution >= 0.6 is 0 Å². The summed E-state index contributed by atoms with van der Waals surface area (Å²) in [5.74, 6) is 0.856. The largest absolute Gasteiger partial charge is 0.463 e. The molecule has 0 spiro atoms. The first-order chi connectivity index (χ1) is 11.2. The number of hydrogen-bond acceptors (Lipinski definition) is 5. The average Bonchev–Trinajstić information content (AvgIpc) is 3.17. The summed E-state index contributed by atoms with van der Waals surface area (Å²) >= 11 is 0. The summed E-state index contributed by atoms with van der Waals surface area (Å²) in [7, 11) is 0. The highest BCUT2D eigenvalue weighted by atomic mass is 16.3. The van der Waals surface area contributed by atoms with Gasteiger partial charge >= 0.3 is 0 Å². The Bertz CT molecular complexity index is 972. The van der Waals surface area contributed by atoms with E-state index in [0.29, 0.717) is 23.6 Å². The molecule has 0 radical (unpaired) electrons. The van der Waals surface area contributed by atoms with Gasteiger partial charge in [0.1, 0.15) is 5.69 Å². The highest BCUT2D eigenvalue weighted by Gasteiger charge is 2.15. The van der Waals surface area contributed by atoms with Crippen molar-refractivity contribution in [3.8, 4) is 11.5 Å². The molecule has 6 heteroatoms. The van der Waals surface area contributed by atoms with Crippen LogP contribution < -0.4 is 5.73 Å². The Labute approximate surface area is 132 Å². The Morgan fingerprint density at radius 3 is 2.87 bits per heavy atom. The number of anilines is 1. The summed E-state index contributed by atoms with van der Waals surface area (Å²) in [6.45, 7) is 2.69. The standard InChI is InChI=1S/C17H15N5O/c1-11-4-2-5-12(8-11)10-22-16-13(9-19-22)15(20-17(18)21-16)14-6-3-7-23-14/h2-9H,10H2,1H3,(H2,18,20,21). The van der Waals surface area contributed by atoms with E-state index in [1.807, 2.05) is 22.9 Å². The van der Waals surface area contributed by atoms with Gasteiger partial charge in [0.2, 0.25) is 5.95 Å². The summed E-state index contributed by atoms with van der Waals surface area (Å²) in [4.78, 5) is 8.65. The number of fused-ring (bicyclic) bond motifs is 1. The average molecular weight is 305 g/mol. The van der Waals surface area contributed by atoms with Gasteiger partial charge in [-0.2, -0.15) is 10.1 Å². The lowest BCUT2D eigenvalue weighted by atomic mass is 10.1. The molecule has 0 aliphatic rings. The highest BCUT2D eigenvalue weighted by Crippen LogP contribution is 2.27. The summed E-state index contributed by atoms with van der Waals surface area (Å²) in [6, 6.07) is 12.0. The van der Waals surface area contributed by atoms with Gasteiger partial charge < -0.3 is 10.2 Å². The second-order valence-corrected chi connectivity index (χ2v) is 5.44. The van der Waals surface area contributed by atoms with Crippen LogP contribution in [0, 0.1) is 6.92 Å². The molecule has 2 N–H and O–H groups in total. The van der Waals surface area contributed by atoms with Crippen LogP contribution in [0.4, 0.5) is 5.95 Å². The van der Waals surface area contributed by atoms with Crippen LogP contribution in [0.25, 0.3) is 22.5 Å². The molecule has 0 saturated heterocycles. The number of aromatic nitrogens is 4. The van der Waals surface area contributed by atoms with Crippen LogP contribution in [-0.2, 0) is 6.54 Å². The van der Waals surface area contributed by atoms with Crippen molar-refractivity contribution in [2.24, 2.45) is 0 Å². The Kier molecular flexibility index (Phi) is 3.08. The minimum Gasteiger partial charge on any atom is -0.463 e. The van der Waals surface area contributed by atoms with Crippen molar-refractivity contribution >= 4 is 17.0 Å². The molecule has 4 aromatic rings. The number of nitrogens with two attached hydrogens (primary N) is 1. The van der Waals surface area contributed by atoms with E-state index >= 15 is 0 Å². The molecule has 0 unspecified atom stereocenters. The third-order valence-corrected chi connectivity index (χ3v) is 3.68. The van der Waals surface area contributed by atoms with Crippen LogP contribution in [0.1, 0.15) is 11.1 Å². The number of hydrogen-bond donors (Lipinski definition) is 1. The number of furan rings is 1. The topological polar surface area (TPSA) is 82.8 Å². The van der Waals surface area contributed by atoms with Crippen molar-refractivity contribution in [2.45, 2.75) is 13.5 Å². The zero-order valence-electron chi connectivity index (χ0n) is 12.6. The molecule has 0 atom stereocenters. The van der Waals surface area contributed by atoms with Gasteiger partial charge in [-0.1, -0.05) is 29.8 Å². The number of nitrogen functional groups attached to an aromatic ring is 1. The Morgan fingerprint density at radius 2 is 2.09 bits per heavy atom. The zero-order chi connectivity index (χ0) is 15.8. The van der Waals surface area contributed by atoms with E-state index in [0.717, 1.165) is 10.9 Å². The SMILES string of the molecule is Cc1cccc(Cn2ncc3c(-c4ccco4)nc(N)nc32)c1. The molecular weight excluding hydrogens is 290 g/mol. The van der Waals surface area contributed by atoms with Crippen molar-refractivity contribution in [3.05, 3.63) is 60.0 Å². The lowest BCUT2D eigenvalue weighted by molar-refractivity contribution is 0.580. The summed E-state index contributed by atoms with van der Waals surface area (Å²) in [5.41, 5.74) is 9.60. The fourth-order valence-corrected chi connectivity index (χ4v) is 2.67. The molecule has 0 bridgehead atoms. The lowest BCUT2D eigenvalue weighted by Gasteiger charge is -2.06. The Balaban J connectivity index is 1.83. The summed E-state index contributed by atoms with van der Waals surface area (Å²) < 4.78 is 7.27. The molecule has 0 fully saturated rings. The fourth-order valence-electron chi connectivity index (χ4n) is 2.67. The number of rotatable bonds is 3. The normalized spacial score (nSPS) is 11.2. The Morgan fingerprint density at radius 1 is 1.17 bits per heavy atom. The van der Waals surface area contributed by atoms with E-state index in [1.165, 1.54) is 5.56 Å². The van der Waals surface area contributed by atoms with Crippen LogP contribution in [0.15, 0.2) is 53.3 Å². The van der Waals surface area contributed by atoms with Crippen LogP contribution in [-0.4, -0.2) is 19.7 Å². The Hall–Kier alpha value is -3.15. The van der Waals surface area contributed by atoms with Gasteiger partial charge in [-0.15, -0.1) is 0 Å². The van der Waals surface area contributed by atoms with Gasteiger partial charge in [0.15, 0.2) is 11.4 Å². The van der Waals surface area contributed by atoms with Gasteiger partial charge in [-0.05, 0) is 24.6 Å². The first kappa shape index (κ1) is 13.5. The number of benzene rings is 1. The highest BCUT2D eigenvalue weighted by molar-refractivity contribution is 5.89. The summed E-state index contributed by atoms with van der Waals surface area (Å²) in [5, 5.41) is 5.27. The monoisotopic (exact) mass is 305 g/mol. The molecule has 0 saturated carbocycles. The van der Waals surface area contributed by atoms with E-state index in [-0.39, 0.29) is 5.95 Å². The van der Waals surface area contributed by atoms with E-state index in [9.17, 15) is 0 Å². The molecule has 0 aliphatic heterocycles. The van der Waals surface area contributed by atoms with Gasteiger partial charge in [-0.25, -0.2) is 9.67 Å². The van der Waals surface area contributed by atoms with Crippen molar-refractivity contribution in [1.82, 2.24) is 19.7 Å². The molecular formula is C17H15N5O. The molecule has 114 valence electrons. The van der Waals surface area contributed by atoms with E-state index in [4.69, 9.17) is 10.2 Å². The predicted octanol–water partition coefficient (Wildman–Crippen LogP) is 3.03. The van der Waals surface area contributed by atoms with Gasteiger partial charge in [0.05, 0.1) is 24.4 Å². The molecule has 1 aromatic carbocycles. The fraction of sp³-hybridized carbons (Fsp3) is 0.118. The maximum absolute atomic E-state index is 5.87. The van der Waals surface area contributed by atoms with Crippen LogP contribution in [0.2, 0.25) is 0 Å². The number of nitrogens with zero attached hydrogens (tertiary/aromatic N) is 4. The van der Waals surface area contributed by atoms with Crippen LogP contribution in [0.3, 0.4) is 0 Å². The van der Waals surface area contributed by atoms with E-state index < -0.39 is 0 Å². The van der Waals surface area contributed by atoms with Crippen molar-refractivity contribution in [3.63, 3.8) is 0 Å². The first-order valence-corrected chi connectivity index (χ1v) is 7.29. The third-order valence-electron chi connectivity index (χ3n) is 3.68. The summed E-state index contributed by atoms with van der Waals surface area (Å²) in [6.07, 6.45) is 3.36. The molecule has 0 amide bonds. The minimum atomic E-state index is 0.204. The van der Waals surface area contributed by atoms with Crippen molar-refractivity contribution in [1.29, 1.82) is 0 Å². The minimum absolute atomic E-state index is 0.204. The van der Waals surface area contributed by atoms with E-state index in [1.54, 1.807) is 12.5 Å². The predicted molar refractivity (Wildman–Crippen MR) is 87.7 cm³/mol. The maximum Gasteiger partial charge on any atom is 0.222 e.